The number of pyridine rings is 1. The Balaban J connectivity index is 2.83. The van der Waals surface area contributed by atoms with E-state index in [0.717, 1.165) is 16.3 Å². The summed E-state index contributed by atoms with van der Waals surface area (Å²) in [4.78, 5) is 8.59. The van der Waals surface area contributed by atoms with Crippen molar-refractivity contribution in [3.63, 3.8) is 0 Å². The van der Waals surface area contributed by atoms with Crippen LogP contribution in [0.15, 0.2) is 17.4 Å². The number of imidazole rings is 1. The lowest BCUT2D eigenvalue weighted by molar-refractivity contribution is 0.807. The van der Waals surface area contributed by atoms with Gasteiger partial charge in [0.2, 0.25) is 0 Å². The summed E-state index contributed by atoms with van der Waals surface area (Å²) in [6, 6.07) is 1.76. The van der Waals surface area contributed by atoms with E-state index in [0.29, 0.717) is 5.69 Å². The summed E-state index contributed by atoms with van der Waals surface area (Å²) in [5.74, 6) is 0. The predicted molar refractivity (Wildman–Crippen MR) is 54.7 cm³/mol. The molecule has 2 aromatic heterocycles. The first kappa shape index (κ1) is 8.37. The van der Waals surface area contributed by atoms with Crippen molar-refractivity contribution in [1.82, 2.24) is 14.5 Å². The summed E-state index contributed by atoms with van der Waals surface area (Å²) in [7, 11) is 1.94. The second-order valence-corrected chi connectivity index (χ2v) is 3.50. The van der Waals surface area contributed by atoms with Gasteiger partial charge in [-0.15, -0.1) is 0 Å². The molecule has 2 aromatic rings. The van der Waals surface area contributed by atoms with Gasteiger partial charge in [-0.05, 0) is 12.3 Å². The van der Waals surface area contributed by atoms with Crippen molar-refractivity contribution in [3.05, 3.63) is 12.3 Å². The molecule has 68 valence electrons. The number of fused-ring (bicyclic) bond motifs is 1. The molecule has 4 nitrogen and oxygen atoms in total. The van der Waals surface area contributed by atoms with Crippen LogP contribution in [0.4, 0.5) is 5.69 Å². The maximum Gasteiger partial charge on any atom is 0.169 e. The van der Waals surface area contributed by atoms with Gasteiger partial charge in [0, 0.05) is 13.2 Å². The second kappa shape index (κ2) is 2.92. The van der Waals surface area contributed by atoms with E-state index in [9.17, 15) is 0 Å². The van der Waals surface area contributed by atoms with Crippen molar-refractivity contribution in [1.29, 1.82) is 0 Å². The predicted octanol–water partition coefficient (Wildman–Crippen LogP) is 1.27. The first-order valence-corrected chi connectivity index (χ1v) is 5.07. The molecule has 13 heavy (non-hydrogen) atoms. The minimum atomic E-state index is 0.681. The molecular formula is C8H10N4S. The van der Waals surface area contributed by atoms with Crippen molar-refractivity contribution in [2.24, 2.45) is 7.05 Å². The lowest BCUT2D eigenvalue weighted by Crippen LogP contribution is -1.92. The van der Waals surface area contributed by atoms with E-state index in [1.165, 1.54) is 0 Å². The summed E-state index contributed by atoms with van der Waals surface area (Å²) in [6.45, 7) is 0. The third-order valence-corrected chi connectivity index (χ3v) is 2.66. The van der Waals surface area contributed by atoms with Gasteiger partial charge < -0.3 is 10.3 Å². The highest BCUT2D eigenvalue weighted by molar-refractivity contribution is 7.98. The molecule has 2 rings (SSSR count). The number of hydrogen-bond donors (Lipinski definition) is 1. The van der Waals surface area contributed by atoms with E-state index in [1.807, 2.05) is 17.9 Å². The number of anilines is 1. The number of rotatable bonds is 1. The van der Waals surface area contributed by atoms with Crippen molar-refractivity contribution in [2.75, 3.05) is 12.0 Å². The fraction of sp³-hybridized carbons (Fsp3) is 0.250. The van der Waals surface area contributed by atoms with Gasteiger partial charge in [-0.2, -0.15) is 0 Å². The molecule has 0 fully saturated rings. The van der Waals surface area contributed by atoms with Crippen molar-refractivity contribution < 1.29 is 0 Å². The average molecular weight is 194 g/mol. The quantitative estimate of drug-likeness (QED) is 0.695. The molecule has 0 aromatic carbocycles. The fourth-order valence-electron chi connectivity index (χ4n) is 1.26. The molecule has 0 amide bonds. The summed E-state index contributed by atoms with van der Waals surface area (Å²) in [6.07, 6.45) is 3.68. The number of aryl methyl sites for hydroxylation is 1. The molecule has 0 aliphatic heterocycles. The zero-order chi connectivity index (χ0) is 9.42. The average Bonchev–Trinajstić information content (AvgIpc) is 2.45. The Hall–Kier alpha value is -1.23. The number of thioether (sulfide) groups is 1. The molecule has 0 saturated heterocycles. The number of hydrogen-bond acceptors (Lipinski definition) is 4. The van der Waals surface area contributed by atoms with Crippen LogP contribution in [0.25, 0.3) is 11.2 Å². The first-order valence-electron chi connectivity index (χ1n) is 3.85. The van der Waals surface area contributed by atoms with Gasteiger partial charge in [0.05, 0.1) is 5.69 Å². The Morgan fingerprint density at radius 2 is 2.31 bits per heavy atom. The van der Waals surface area contributed by atoms with E-state index in [1.54, 1.807) is 24.0 Å². The normalized spacial score (nSPS) is 10.9. The fourth-order valence-corrected chi connectivity index (χ4v) is 1.80. The molecule has 0 aliphatic carbocycles. The molecule has 2 heterocycles. The van der Waals surface area contributed by atoms with E-state index >= 15 is 0 Å². The number of nitrogens with two attached hydrogens (primary N) is 1. The Morgan fingerprint density at radius 3 is 2.92 bits per heavy atom. The van der Waals surface area contributed by atoms with Crippen LogP contribution in [0, 0.1) is 0 Å². The van der Waals surface area contributed by atoms with Crippen LogP contribution >= 0.6 is 11.8 Å². The van der Waals surface area contributed by atoms with E-state index in [4.69, 9.17) is 5.73 Å². The van der Waals surface area contributed by atoms with Gasteiger partial charge in [-0.3, -0.25) is 0 Å². The molecule has 0 bridgehead atoms. The molecular weight excluding hydrogens is 184 g/mol. The summed E-state index contributed by atoms with van der Waals surface area (Å²) < 4.78 is 1.94. The molecule has 0 aliphatic rings. The molecule has 0 spiro atoms. The molecule has 0 unspecified atom stereocenters. The number of nitrogen functional groups attached to an aromatic ring is 1. The van der Waals surface area contributed by atoms with E-state index in [-0.39, 0.29) is 0 Å². The molecule has 0 radical (unpaired) electrons. The molecule has 0 atom stereocenters. The van der Waals surface area contributed by atoms with Crippen LogP contribution in [-0.4, -0.2) is 20.8 Å². The Kier molecular flexibility index (Phi) is 1.88. The van der Waals surface area contributed by atoms with E-state index in [2.05, 4.69) is 9.97 Å². The van der Waals surface area contributed by atoms with Crippen LogP contribution < -0.4 is 5.73 Å². The molecule has 2 N–H and O–H groups in total. The van der Waals surface area contributed by atoms with Crippen molar-refractivity contribution >= 4 is 28.6 Å². The monoisotopic (exact) mass is 194 g/mol. The summed E-state index contributed by atoms with van der Waals surface area (Å²) in [5.41, 5.74) is 8.07. The Bertz CT molecular complexity index is 449. The zero-order valence-electron chi connectivity index (χ0n) is 7.48. The zero-order valence-corrected chi connectivity index (χ0v) is 8.30. The first-order chi connectivity index (χ1) is 6.24. The van der Waals surface area contributed by atoms with Gasteiger partial charge in [0.1, 0.15) is 5.52 Å². The van der Waals surface area contributed by atoms with Crippen molar-refractivity contribution in [3.8, 4) is 0 Å². The third-order valence-electron chi connectivity index (χ3n) is 1.93. The van der Waals surface area contributed by atoms with Crippen LogP contribution in [-0.2, 0) is 7.05 Å². The van der Waals surface area contributed by atoms with Gasteiger partial charge >= 0.3 is 0 Å². The Labute approximate surface area is 80.2 Å². The van der Waals surface area contributed by atoms with Crippen LogP contribution in [0.5, 0.6) is 0 Å². The smallest absolute Gasteiger partial charge is 0.169 e. The third kappa shape index (κ3) is 1.16. The van der Waals surface area contributed by atoms with Gasteiger partial charge in [-0.1, -0.05) is 11.8 Å². The number of aromatic nitrogens is 3. The minimum absolute atomic E-state index is 0.681. The maximum absolute atomic E-state index is 5.77. The standard InChI is InChI=1S/C8H10N4S/c1-12-7-6(11-8(12)13-2)5(9)3-4-10-7/h3-4H,1-2H3,(H2,9,10). The minimum Gasteiger partial charge on any atom is -0.397 e. The lowest BCUT2D eigenvalue weighted by Gasteiger charge is -1.96. The molecule has 5 heteroatoms. The maximum atomic E-state index is 5.77. The highest BCUT2D eigenvalue weighted by atomic mass is 32.2. The highest BCUT2D eigenvalue weighted by Crippen LogP contribution is 2.22. The second-order valence-electron chi connectivity index (χ2n) is 2.73. The summed E-state index contributed by atoms with van der Waals surface area (Å²) >= 11 is 1.59. The van der Waals surface area contributed by atoms with E-state index < -0.39 is 0 Å². The topological polar surface area (TPSA) is 56.7 Å². The van der Waals surface area contributed by atoms with Crippen molar-refractivity contribution in [2.45, 2.75) is 5.16 Å². The van der Waals surface area contributed by atoms with Gasteiger partial charge in [0.25, 0.3) is 0 Å². The van der Waals surface area contributed by atoms with Crippen LogP contribution in [0.2, 0.25) is 0 Å². The SMILES string of the molecule is CSc1nc2c(N)ccnc2n1C. The Morgan fingerprint density at radius 1 is 1.54 bits per heavy atom. The van der Waals surface area contributed by atoms with Crippen LogP contribution in [0.3, 0.4) is 0 Å². The van der Waals surface area contributed by atoms with Gasteiger partial charge in [0.15, 0.2) is 10.8 Å². The molecule has 0 saturated carbocycles. The van der Waals surface area contributed by atoms with Crippen LogP contribution in [0.1, 0.15) is 0 Å². The van der Waals surface area contributed by atoms with Gasteiger partial charge in [-0.25, -0.2) is 9.97 Å². The lowest BCUT2D eigenvalue weighted by atomic mass is 10.4. The largest absolute Gasteiger partial charge is 0.397 e. The number of nitrogens with zero attached hydrogens (tertiary/aromatic N) is 3. The highest BCUT2D eigenvalue weighted by Gasteiger charge is 2.09. The summed E-state index contributed by atoms with van der Waals surface area (Å²) in [5, 5.41) is 0.931.